The third-order valence-corrected chi connectivity index (χ3v) is 2.06. The van der Waals surface area contributed by atoms with Gasteiger partial charge in [0.15, 0.2) is 0 Å². The maximum Gasteiger partial charge on any atom is 0.220 e. The van der Waals surface area contributed by atoms with Crippen LogP contribution in [-0.4, -0.2) is 17.4 Å². The van der Waals surface area contributed by atoms with Crippen molar-refractivity contribution in [3.05, 3.63) is 48.3 Å². The molecule has 0 saturated carbocycles. The molecule has 0 saturated heterocycles. The molecule has 80 valence electrons. The number of carbonyl (C=O) groups excluding carboxylic acids is 1. The van der Waals surface area contributed by atoms with Crippen molar-refractivity contribution >= 4 is 5.91 Å². The summed E-state index contributed by atoms with van der Waals surface area (Å²) in [5.74, 6) is -0.325. The summed E-state index contributed by atoms with van der Waals surface area (Å²) in [7, 11) is 0. The lowest BCUT2D eigenvalue weighted by molar-refractivity contribution is -0.128. The molecule has 0 heterocycles. The topological polar surface area (TPSA) is 20.3 Å². The molecule has 0 aliphatic carbocycles. The summed E-state index contributed by atoms with van der Waals surface area (Å²) in [6.07, 6.45) is 1.65. The van der Waals surface area contributed by atoms with Crippen LogP contribution < -0.4 is 0 Å². The second kappa shape index (κ2) is 5.29. The Morgan fingerprint density at radius 3 is 2.87 bits per heavy atom. The van der Waals surface area contributed by atoms with Gasteiger partial charge in [0.1, 0.15) is 5.82 Å². The van der Waals surface area contributed by atoms with Gasteiger partial charge in [-0.25, -0.2) is 4.39 Å². The first-order valence-corrected chi connectivity index (χ1v) is 4.74. The van der Waals surface area contributed by atoms with Gasteiger partial charge in [-0.05, 0) is 17.7 Å². The average molecular weight is 207 g/mol. The zero-order valence-corrected chi connectivity index (χ0v) is 8.74. The number of benzene rings is 1. The lowest BCUT2D eigenvalue weighted by Crippen LogP contribution is -2.28. The van der Waals surface area contributed by atoms with Gasteiger partial charge in [0.2, 0.25) is 5.91 Å². The zero-order valence-electron chi connectivity index (χ0n) is 8.74. The summed E-state index contributed by atoms with van der Waals surface area (Å²) in [6, 6.07) is 6.24. The first-order valence-electron chi connectivity index (χ1n) is 4.74. The van der Waals surface area contributed by atoms with Crippen molar-refractivity contribution in [1.82, 2.24) is 4.90 Å². The molecule has 0 spiro atoms. The van der Waals surface area contributed by atoms with Gasteiger partial charge in [-0.3, -0.25) is 4.79 Å². The molecule has 1 rings (SSSR count). The van der Waals surface area contributed by atoms with E-state index in [9.17, 15) is 9.18 Å². The van der Waals surface area contributed by atoms with E-state index in [-0.39, 0.29) is 11.7 Å². The van der Waals surface area contributed by atoms with Gasteiger partial charge in [-0.2, -0.15) is 0 Å². The van der Waals surface area contributed by atoms with E-state index >= 15 is 0 Å². The Bertz CT molecular complexity index is 362. The van der Waals surface area contributed by atoms with Gasteiger partial charge in [-0.1, -0.05) is 18.2 Å². The van der Waals surface area contributed by atoms with Crippen molar-refractivity contribution in [2.75, 3.05) is 6.54 Å². The molecule has 2 nitrogen and oxygen atoms in total. The van der Waals surface area contributed by atoms with E-state index in [2.05, 4.69) is 6.58 Å². The van der Waals surface area contributed by atoms with E-state index in [0.29, 0.717) is 13.1 Å². The summed E-state index contributed by atoms with van der Waals surface area (Å²) in [6.45, 7) is 5.96. The molecule has 3 heteroatoms. The lowest BCUT2D eigenvalue weighted by Gasteiger charge is -2.19. The Balaban J connectivity index is 2.73. The number of hydrogen-bond donors (Lipinski definition) is 0. The van der Waals surface area contributed by atoms with Crippen molar-refractivity contribution in [2.45, 2.75) is 13.5 Å². The molecule has 0 aromatic heterocycles. The van der Waals surface area contributed by atoms with Crippen LogP contribution in [0.1, 0.15) is 12.5 Å². The molecule has 0 radical (unpaired) electrons. The van der Waals surface area contributed by atoms with Crippen LogP contribution in [0.2, 0.25) is 0 Å². The Morgan fingerprint density at radius 2 is 2.33 bits per heavy atom. The second-order valence-corrected chi connectivity index (χ2v) is 3.32. The molecule has 1 aromatic carbocycles. The fraction of sp³-hybridized carbons (Fsp3) is 0.250. The normalized spacial score (nSPS) is 9.73. The SMILES string of the molecule is C=CCN(Cc1cccc(F)c1)C(C)=O. The van der Waals surface area contributed by atoms with Crippen LogP contribution in [-0.2, 0) is 11.3 Å². The van der Waals surface area contributed by atoms with E-state index in [1.54, 1.807) is 23.1 Å². The molecule has 0 N–H and O–H groups in total. The number of halogens is 1. The highest BCUT2D eigenvalue weighted by Gasteiger charge is 2.07. The molecule has 0 aliphatic rings. The minimum Gasteiger partial charge on any atom is -0.335 e. The Morgan fingerprint density at radius 1 is 1.60 bits per heavy atom. The van der Waals surface area contributed by atoms with Crippen LogP contribution in [0, 0.1) is 5.82 Å². The molecule has 0 fully saturated rings. The number of carbonyl (C=O) groups is 1. The molecule has 15 heavy (non-hydrogen) atoms. The smallest absolute Gasteiger partial charge is 0.220 e. The molecule has 1 aromatic rings. The maximum atomic E-state index is 12.9. The van der Waals surface area contributed by atoms with Crippen LogP contribution in [0.4, 0.5) is 4.39 Å². The fourth-order valence-electron chi connectivity index (χ4n) is 1.32. The predicted octanol–water partition coefficient (Wildman–Crippen LogP) is 2.36. The minimum absolute atomic E-state index is 0.0424. The molecule has 0 bridgehead atoms. The summed E-state index contributed by atoms with van der Waals surface area (Å²) >= 11 is 0. The number of rotatable bonds is 4. The molecular weight excluding hydrogens is 193 g/mol. The average Bonchev–Trinajstić information content (AvgIpc) is 2.17. The van der Waals surface area contributed by atoms with Crippen molar-refractivity contribution in [1.29, 1.82) is 0 Å². The van der Waals surface area contributed by atoms with Crippen molar-refractivity contribution in [3.63, 3.8) is 0 Å². The second-order valence-electron chi connectivity index (χ2n) is 3.32. The largest absolute Gasteiger partial charge is 0.335 e. The van der Waals surface area contributed by atoms with E-state index < -0.39 is 0 Å². The first kappa shape index (κ1) is 11.4. The van der Waals surface area contributed by atoms with Gasteiger partial charge < -0.3 is 4.90 Å². The summed E-state index contributed by atoms with van der Waals surface area (Å²) < 4.78 is 12.9. The van der Waals surface area contributed by atoms with Gasteiger partial charge >= 0.3 is 0 Å². The molecule has 1 amide bonds. The Kier molecular flexibility index (Phi) is 4.03. The lowest BCUT2D eigenvalue weighted by atomic mass is 10.2. The van der Waals surface area contributed by atoms with E-state index in [0.717, 1.165) is 5.56 Å². The fourth-order valence-corrected chi connectivity index (χ4v) is 1.32. The Hall–Kier alpha value is -1.64. The predicted molar refractivity (Wildman–Crippen MR) is 57.7 cm³/mol. The third-order valence-electron chi connectivity index (χ3n) is 2.06. The van der Waals surface area contributed by atoms with E-state index in [1.165, 1.54) is 19.1 Å². The van der Waals surface area contributed by atoms with Crippen molar-refractivity contribution in [3.8, 4) is 0 Å². The summed E-state index contributed by atoms with van der Waals surface area (Å²) in [5.41, 5.74) is 0.784. The monoisotopic (exact) mass is 207 g/mol. The van der Waals surface area contributed by atoms with Crippen molar-refractivity contribution in [2.24, 2.45) is 0 Å². The number of hydrogen-bond acceptors (Lipinski definition) is 1. The maximum absolute atomic E-state index is 12.9. The molecular formula is C12H14FNO. The quantitative estimate of drug-likeness (QED) is 0.694. The van der Waals surface area contributed by atoms with Gasteiger partial charge in [0.25, 0.3) is 0 Å². The summed E-state index contributed by atoms with van der Waals surface area (Å²) in [4.78, 5) is 12.8. The first-order chi connectivity index (χ1) is 7.13. The van der Waals surface area contributed by atoms with Crippen LogP contribution in [0.3, 0.4) is 0 Å². The third kappa shape index (κ3) is 3.54. The van der Waals surface area contributed by atoms with Gasteiger partial charge in [0, 0.05) is 20.0 Å². The van der Waals surface area contributed by atoms with Crippen LogP contribution >= 0.6 is 0 Å². The van der Waals surface area contributed by atoms with Gasteiger partial charge in [0.05, 0.1) is 0 Å². The highest BCUT2D eigenvalue weighted by atomic mass is 19.1. The van der Waals surface area contributed by atoms with Crippen LogP contribution in [0.25, 0.3) is 0 Å². The number of amides is 1. The minimum atomic E-state index is -0.283. The van der Waals surface area contributed by atoms with Crippen LogP contribution in [0.5, 0.6) is 0 Å². The van der Waals surface area contributed by atoms with Gasteiger partial charge in [-0.15, -0.1) is 6.58 Å². The zero-order chi connectivity index (χ0) is 11.3. The van der Waals surface area contributed by atoms with E-state index in [4.69, 9.17) is 0 Å². The standard InChI is InChI=1S/C12H14FNO/c1-3-7-14(10(2)15)9-11-5-4-6-12(13)8-11/h3-6,8H,1,7,9H2,2H3. The van der Waals surface area contributed by atoms with E-state index in [1.807, 2.05) is 0 Å². The highest BCUT2D eigenvalue weighted by molar-refractivity contribution is 5.73. The van der Waals surface area contributed by atoms with Crippen LogP contribution in [0.15, 0.2) is 36.9 Å². The van der Waals surface area contributed by atoms with Crippen molar-refractivity contribution < 1.29 is 9.18 Å². The summed E-state index contributed by atoms with van der Waals surface area (Å²) in [5, 5.41) is 0. The molecule has 0 unspecified atom stereocenters. The Labute approximate surface area is 89.0 Å². The highest BCUT2D eigenvalue weighted by Crippen LogP contribution is 2.07. The number of nitrogens with zero attached hydrogens (tertiary/aromatic N) is 1. The molecule has 0 atom stereocenters. The molecule has 0 aliphatic heterocycles.